The average molecular weight is 417 g/mol. The third kappa shape index (κ3) is 2.25. The second kappa shape index (κ2) is 5.86. The first-order valence-corrected chi connectivity index (χ1v) is 11.4. The molecule has 5 aliphatic rings. The minimum absolute atomic E-state index is 0.0456. The molecule has 166 valence electrons. The summed E-state index contributed by atoms with van der Waals surface area (Å²) in [5, 5.41) is 23.7. The van der Waals surface area contributed by atoms with Crippen molar-refractivity contribution in [1.82, 2.24) is 0 Å². The Kier molecular flexibility index (Phi) is 4.08. The lowest BCUT2D eigenvalue weighted by Gasteiger charge is -2.52. The molecule has 0 aromatic carbocycles. The maximum Gasteiger partial charge on any atom is 0.163 e. The van der Waals surface area contributed by atoms with Gasteiger partial charge in [-0.2, -0.15) is 0 Å². The fraction of sp³-hybridized carbons (Fsp3) is 0.800. The Morgan fingerprint density at radius 2 is 1.90 bits per heavy atom. The number of rotatable bonds is 0. The van der Waals surface area contributed by atoms with Crippen LogP contribution in [0.3, 0.4) is 0 Å². The molecule has 3 fully saturated rings. The van der Waals surface area contributed by atoms with E-state index >= 15 is 0 Å². The molecule has 5 rings (SSSR count). The summed E-state index contributed by atoms with van der Waals surface area (Å²) >= 11 is 0. The molecule has 2 bridgehead atoms. The van der Waals surface area contributed by atoms with Gasteiger partial charge in [-0.15, -0.1) is 0 Å². The van der Waals surface area contributed by atoms with Crippen molar-refractivity contribution >= 4 is 5.78 Å². The normalized spacial score (nSPS) is 51.6. The number of carbonyl (C=O) groups excluding carboxylic acids is 1. The summed E-state index contributed by atoms with van der Waals surface area (Å²) in [6.45, 7) is 14.8. The minimum Gasteiger partial charge on any atom is -0.386 e. The molecule has 4 aliphatic carbocycles. The Hall–Kier alpha value is -1.01. The van der Waals surface area contributed by atoms with Crippen molar-refractivity contribution in [2.45, 2.75) is 79.0 Å². The molecule has 30 heavy (non-hydrogen) atoms. The Morgan fingerprint density at radius 1 is 1.23 bits per heavy atom. The summed E-state index contributed by atoms with van der Waals surface area (Å²) in [7, 11) is 0. The van der Waals surface area contributed by atoms with Gasteiger partial charge < -0.3 is 19.7 Å². The van der Waals surface area contributed by atoms with E-state index < -0.39 is 29.5 Å². The number of aliphatic hydroxyl groups is 2. The lowest BCUT2D eigenvalue weighted by molar-refractivity contribution is -0.287. The number of ether oxygens (including phenoxy) is 2. The molecule has 9 atom stereocenters. The number of ketones is 1. The van der Waals surface area contributed by atoms with Crippen molar-refractivity contribution in [2.75, 3.05) is 6.61 Å². The van der Waals surface area contributed by atoms with Crippen LogP contribution in [0.5, 0.6) is 0 Å². The maximum absolute atomic E-state index is 14.2. The highest BCUT2D eigenvalue weighted by Crippen LogP contribution is 2.72. The van der Waals surface area contributed by atoms with E-state index in [-0.39, 0.29) is 34.4 Å². The molecular formula is C25H36O5. The Morgan fingerprint density at radius 3 is 2.53 bits per heavy atom. The zero-order valence-corrected chi connectivity index (χ0v) is 19.2. The second-order valence-corrected chi connectivity index (χ2v) is 12.2. The lowest BCUT2D eigenvalue weighted by atomic mass is 9.59. The van der Waals surface area contributed by atoms with Crippen molar-refractivity contribution in [3.8, 4) is 0 Å². The summed E-state index contributed by atoms with van der Waals surface area (Å²) < 4.78 is 12.5. The highest BCUT2D eigenvalue weighted by Gasteiger charge is 2.76. The quantitative estimate of drug-likeness (QED) is 0.593. The number of carbonyl (C=O) groups is 1. The molecule has 0 aromatic heterocycles. The molecule has 0 aromatic rings. The first-order chi connectivity index (χ1) is 13.8. The molecule has 1 spiro atoms. The predicted octanol–water partition coefficient (Wildman–Crippen LogP) is 3.25. The molecule has 2 N–H and O–H groups in total. The summed E-state index contributed by atoms with van der Waals surface area (Å²) in [6, 6.07) is 0. The predicted molar refractivity (Wildman–Crippen MR) is 112 cm³/mol. The molecule has 3 unspecified atom stereocenters. The van der Waals surface area contributed by atoms with Crippen LogP contribution in [0.1, 0.15) is 54.9 Å². The van der Waals surface area contributed by atoms with Gasteiger partial charge in [0.25, 0.3) is 0 Å². The van der Waals surface area contributed by atoms with Crippen LogP contribution in [-0.4, -0.2) is 46.7 Å². The first kappa shape index (κ1) is 20.9. The molecule has 1 aliphatic heterocycles. The zero-order valence-electron chi connectivity index (χ0n) is 19.2. The van der Waals surface area contributed by atoms with E-state index in [0.717, 1.165) is 12.0 Å². The highest BCUT2D eigenvalue weighted by atomic mass is 16.7. The highest BCUT2D eigenvalue weighted by molar-refractivity contribution is 5.95. The fourth-order valence-electron chi connectivity index (χ4n) is 7.38. The molecule has 5 heteroatoms. The van der Waals surface area contributed by atoms with Gasteiger partial charge >= 0.3 is 0 Å². The van der Waals surface area contributed by atoms with Crippen LogP contribution in [0, 0.1) is 39.9 Å². The van der Waals surface area contributed by atoms with Gasteiger partial charge in [0, 0.05) is 11.3 Å². The van der Waals surface area contributed by atoms with Crippen molar-refractivity contribution in [3.05, 3.63) is 23.3 Å². The first-order valence-electron chi connectivity index (χ1n) is 11.4. The Bertz CT molecular complexity index is 863. The van der Waals surface area contributed by atoms with E-state index in [0.29, 0.717) is 18.1 Å². The Labute approximate surface area is 179 Å². The third-order valence-electron chi connectivity index (χ3n) is 9.09. The smallest absolute Gasteiger partial charge is 0.163 e. The van der Waals surface area contributed by atoms with Gasteiger partial charge in [0.05, 0.1) is 12.0 Å². The summed E-state index contributed by atoms with van der Waals surface area (Å²) in [6.07, 6.45) is 2.35. The van der Waals surface area contributed by atoms with Crippen molar-refractivity contribution in [2.24, 2.45) is 39.9 Å². The van der Waals surface area contributed by atoms with Gasteiger partial charge in [0.1, 0.15) is 17.8 Å². The standard InChI is InChI=1S/C25H36O5/c1-12-10-24-13(2)8-16-17(23(16,6)7)15(19(24)27)9-14-11-29-21(22(3,4)5)30-20(14)25(24,28)18(12)26/h9-10,13,15-18,20-21,26,28H,8,11H2,1-7H3/t13-,15?,16-,17+,18+,20-,21?,24?,25-/m1/s1. The van der Waals surface area contributed by atoms with Crippen molar-refractivity contribution < 1.29 is 24.5 Å². The van der Waals surface area contributed by atoms with Gasteiger partial charge in [-0.05, 0) is 47.7 Å². The van der Waals surface area contributed by atoms with Crippen LogP contribution in [0.25, 0.3) is 0 Å². The molecule has 2 saturated carbocycles. The molecule has 0 amide bonds. The number of hydrogen-bond acceptors (Lipinski definition) is 5. The molecule has 1 saturated heterocycles. The fourth-order valence-corrected chi connectivity index (χ4v) is 7.38. The van der Waals surface area contributed by atoms with Gasteiger partial charge in [0.15, 0.2) is 12.1 Å². The summed E-state index contributed by atoms with van der Waals surface area (Å²) in [5.41, 5.74) is -1.59. The summed E-state index contributed by atoms with van der Waals surface area (Å²) in [4.78, 5) is 14.2. The molecule has 1 heterocycles. The number of allylic oxidation sites excluding steroid dienone is 1. The SMILES string of the molecule is CC1=CC23C(=O)C(C=C4COC(C(C)(C)C)O[C@H]4[C@]2(O)[C@H]1O)[C@H]1[C@@H](C[C@H]3C)C1(C)C. The number of fused-ring (bicyclic) bond motifs is 5. The van der Waals surface area contributed by atoms with Gasteiger partial charge in [-0.1, -0.05) is 53.7 Å². The topological polar surface area (TPSA) is 76.0 Å². The van der Waals surface area contributed by atoms with Crippen molar-refractivity contribution in [1.29, 1.82) is 0 Å². The average Bonchev–Trinajstić information content (AvgIpc) is 3.16. The third-order valence-corrected chi connectivity index (χ3v) is 9.09. The minimum atomic E-state index is -1.72. The second-order valence-electron chi connectivity index (χ2n) is 12.2. The monoisotopic (exact) mass is 416 g/mol. The Balaban J connectivity index is 1.72. The van der Waals surface area contributed by atoms with Crippen LogP contribution in [0.15, 0.2) is 23.3 Å². The lowest BCUT2D eigenvalue weighted by Crippen LogP contribution is -2.67. The van der Waals surface area contributed by atoms with E-state index in [2.05, 4.69) is 20.8 Å². The molecule has 0 radical (unpaired) electrons. The van der Waals surface area contributed by atoms with Crippen LogP contribution in [0.2, 0.25) is 0 Å². The van der Waals surface area contributed by atoms with Gasteiger partial charge in [-0.3, -0.25) is 4.79 Å². The van der Waals surface area contributed by atoms with E-state index in [4.69, 9.17) is 9.47 Å². The summed E-state index contributed by atoms with van der Waals surface area (Å²) in [5.74, 6) is 0.374. The van der Waals surface area contributed by atoms with Crippen LogP contribution in [0.4, 0.5) is 0 Å². The van der Waals surface area contributed by atoms with Crippen LogP contribution >= 0.6 is 0 Å². The molecule has 5 nitrogen and oxygen atoms in total. The van der Waals surface area contributed by atoms with E-state index in [1.807, 2.05) is 39.8 Å². The van der Waals surface area contributed by atoms with E-state index in [1.165, 1.54) is 0 Å². The zero-order chi connectivity index (χ0) is 22.0. The largest absolute Gasteiger partial charge is 0.386 e. The number of Topliss-reactive ketones (excluding diaryl/α,β-unsaturated/α-hetero) is 1. The van der Waals surface area contributed by atoms with E-state index in [1.54, 1.807) is 0 Å². The number of hydrogen-bond donors (Lipinski definition) is 2. The van der Waals surface area contributed by atoms with Crippen LogP contribution in [-0.2, 0) is 14.3 Å². The van der Waals surface area contributed by atoms with Gasteiger partial charge in [0.2, 0.25) is 0 Å². The molecular weight excluding hydrogens is 380 g/mol. The van der Waals surface area contributed by atoms with E-state index in [9.17, 15) is 15.0 Å². The maximum atomic E-state index is 14.2. The van der Waals surface area contributed by atoms with Gasteiger partial charge in [-0.25, -0.2) is 0 Å². The van der Waals surface area contributed by atoms with Crippen LogP contribution < -0.4 is 0 Å². The number of aliphatic hydroxyl groups excluding tert-OH is 1. The van der Waals surface area contributed by atoms with Crippen molar-refractivity contribution in [3.63, 3.8) is 0 Å².